The van der Waals surface area contributed by atoms with Gasteiger partial charge in [0.15, 0.2) is 0 Å². The van der Waals surface area contributed by atoms with Crippen LogP contribution in [0.2, 0.25) is 0 Å². The van der Waals surface area contributed by atoms with Crippen molar-refractivity contribution in [2.24, 2.45) is 5.73 Å². The van der Waals surface area contributed by atoms with E-state index in [0.29, 0.717) is 0 Å². The molecule has 4 heteroatoms. The molecule has 18 heavy (non-hydrogen) atoms. The highest BCUT2D eigenvalue weighted by Gasteiger charge is 2.18. The number of ether oxygens (including phenoxy) is 1. The molecular formula is C14H21BrN2O. The van der Waals surface area contributed by atoms with E-state index < -0.39 is 0 Å². The van der Waals surface area contributed by atoms with Gasteiger partial charge < -0.3 is 15.4 Å². The molecule has 1 aromatic carbocycles. The van der Waals surface area contributed by atoms with Crippen molar-refractivity contribution in [1.82, 2.24) is 4.90 Å². The fraction of sp³-hybridized carbons (Fsp3) is 0.571. The number of benzene rings is 1. The summed E-state index contributed by atoms with van der Waals surface area (Å²) in [6.07, 6.45) is 2.90. The Hall–Kier alpha value is -0.580. The molecule has 0 saturated carbocycles. The van der Waals surface area contributed by atoms with Crippen LogP contribution in [0.1, 0.15) is 17.5 Å². The van der Waals surface area contributed by atoms with Gasteiger partial charge in [-0.3, -0.25) is 0 Å². The molecule has 0 saturated heterocycles. The van der Waals surface area contributed by atoms with Gasteiger partial charge in [0, 0.05) is 16.9 Å². The number of halogens is 1. The number of fused-ring (bicyclic) bond motifs is 1. The Balaban J connectivity index is 2.05. The quantitative estimate of drug-likeness (QED) is 0.906. The molecule has 3 nitrogen and oxygen atoms in total. The maximum absolute atomic E-state index is 6.20. The molecule has 2 N–H and O–H groups in total. The van der Waals surface area contributed by atoms with Gasteiger partial charge in [-0.25, -0.2) is 0 Å². The average molecular weight is 313 g/mol. The van der Waals surface area contributed by atoms with E-state index >= 15 is 0 Å². The molecule has 0 fully saturated rings. The Morgan fingerprint density at radius 1 is 1.44 bits per heavy atom. The Morgan fingerprint density at radius 3 is 2.94 bits per heavy atom. The second-order valence-electron chi connectivity index (χ2n) is 5.21. The molecule has 1 heterocycles. The third kappa shape index (κ3) is 3.46. The normalized spacial score (nSPS) is 15.6. The van der Waals surface area contributed by atoms with Crippen molar-refractivity contribution in [3.05, 3.63) is 27.7 Å². The third-order valence-corrected chi connectivity index (χ3v) is 3.71. The predicted octanol–water partition coefficient (Wildman–Crippen LogP) is 2.21. The standard InChI is InChI=1S/C14H21BrN2O/c1-17(2)5-3-13(16)9-11-8-12(15)7-10-4-6-18-14(10)11/h7-8,13H,3-6,9,16H2,1-2H3. The maximum Gasteiger partial charge on any atom is 0.125 e. The fourth-order valence-electron chi connectivity index (χ4n) is 2.31. The van der Waals surface area contributed by atoms with E-state index in [9.17, 15) is 0 Å². The van der Waals surface area contributed by atoms with Crippen LogP contribution in [0.15, 0.2) is 16.6 Å². The van der Waals surface area contributed by atoms with Gasteiger partial charge in [-0.05, 0) is 56.7 Å². The number of nitrogens with zero attached hydrogens (tertiary/aromatic N) is 1. The third-order valence-electron chi connectivity index (χ3n) is 3.25. The van der Waals surface area contributed by atoms with Gasteiger partial charge in [-0.15, -0.1) is 0 Å². The zero-order chi connectivity index (χ0) is 13.1. The van der Waals surface area contributed by atoms with Crippen molar-refractivity contribution >= 4 is 15.9 Å². The molecule has 1 unspecified atom stereocenters. The zero-order valence-electron chi connectivity index (χ0n) is 11.1. The summed E-state index contributed by atoms with van der Waals surface area (Å²) in [5, 5.41) is 0. The maximum atomic E-state index is 6.20. The Kier molecular flexibility index (Phi) is 4.65. The minimum atomic E-state index is 0.190. The molecule has 0 spiro atoms. The molecule has 0 bridgehead atoms. The molecule has 100 valence electrons. The molecule has 1 aliphatic rings. The van der Waals surface area contributed by atoms with Crippen LogP contribution in [0.5, 0.6) is 5.75 Å². The van der Waals surface area contributed by atoms with Crippen LogP contribution in [0.4, 0.5) is 0 Å². The van der Waals surface area contributed by atoms with Gasteiger partial charge in [0.25, 0.3) is 0 Å². The van der Waals surface area contributed by atoms with Crippen molar-refractivity contribution in [3.8, 4) is 5.75 Å². The van der Waals surface area contributed by atoms with E-state index in [-0.39, 0.29) is 6.04 Å². The number of rotatable bonds is 5. The van der Waals surface area contributed by atoms with E-state index in [2.05, 4.69) is 47.1 Å². The average Bonchev–Trinajstić information content (AvgIpc) is 2.74. The lowest BCUT2D eigenvalue weighted by molar-refractivity contribution is 0.349. The molecule has 2 rings (SSSR count). The van der Waals surface area contributed by atoms with Crippen LogP contribution in [0, 0.1) is 0 Å². The van der Waals surface area contributed by atoms with Crippen molar-refractivity contribution in [2.75, 3.05) is 27.2 Å². The molecule has 0 radical (unpaired) electrons. The summed E-state index contributed by atoms with van der Waals surface area (Å²) < 4.78 is 6.85. The molecule has 0 aromatic heterocycles. The molecule has 0 amide bonds. The smallest absolute Gasteiger partial charge is 0.125 e. The Labute approximate surface area is 117 Å². The molecule has 1 atom stereocenters. The summed E-state index contributed by atoms with van der Waals surface area (Å²) in [6, 6.07) is 4.48. The number of hydrogen-bond donors (Lipinski definition) is 1. The van der Waals surface area contributed by atoms with E-state index in [1.165, 1.54) is 11.1 Å². The number of nitrogens with two attached hydrogens (primary N) is 1. The van der Waals surface area contributed by atoms with Gasteiger partial charge in [0.05, 0.1) is 6.61 Å². The first kappa shape index (κ1) is 13.8. The summed E-state index contributed by atoms with van der Waals surface area (Å²) >= 11 is 3.56. The summed E-state index contributed by atoms with van der Waals surface area (Å²) in [6.45, 7) is 1.82. The van der Waals surface area contributed by atoms with Crippen LogP contribution in [0.3, 0.4) is 0 Å². The highest BCUT2D eigenvalue weighted by atomic mass is 79.9. The van der Waals surface area contributed by atoms with Crippen molar-refractivity contribution in [1.29, 1.82) is 0 Å². The van der Waals surface area contributed by atoms with Crippen molar-refractivity contribution in [2.45, 2.75) is 25.3 Å². The van der Waals surface area contributed by atoms with Crippen LogP contribution >= 0.6 is 15.9 Å². The molecule has 1 aromatic rings. The van der Waals surface area contributed by atoms with E-state index in [4.69, 9.17) is 10.5 Å². The van der Waals surface area contributed by atoms with Gasteiger partial charge in [-0.2, -0.15) is 0 Å². The lowest BCUT2D eigenvalue weighted by Gasteiger charge is -2.17. The predicted molar refractivity (Wildman–Crippen MR) is 78.2 cm³/mol. The van der Waals surface area contributed by atoms with Gasteiger partial charge in [-0.1, -0.05) is 15.9 Å². The van der Waals surface area contributed by atoms with Gasteiger partial charge >= 0.3 is 0 Å². The Bertz CT molecular complexity index is 421. The molecule has 0 aliphatic carbocycles. The van der Waals surface area contributed by atoms with Crippen molar-refractivity contribution < 1.29 is 4.74 Å². The van der Waals surface area contributed by atoms with Crippen LogP contribution in [0.25, 0.3) is 0 Å². The van der Waals surface area contributed by atoms with Crippen molar-refractivity contribution in [3.63, 3.8) is 0 Å². The lowest BCUT2D eigenvalue weighted by Crippen LogP contribution is -2.28. The largest absolute Gasteiger partial charge is 0.493 e. The summed E-state index contributed by atoms with van der Waals surface area (Å²) in [4.78, 5) is 2.17. The van der Waals surface area contributed by atoms with E-state index in [0.717, 1.165) is 42.6 Å². The lowest BCUT2D eigenvalue weighted by atomic mass is 10.0. The van der Waals surface area contributed by atoms with E-state index in [1.807, 2.05) is 0 Å². The second-order valence-corrected chi connectivity index (χ2v) is 6.12. The summed E-state index contributed by atoms with van der Waals surface area (Å²) in [7, 11) is 4.15. The summed E-state index contributed by atoms with van der Waals surface area (Å²) in [5.41, 5.74) is 8.74. The second kappa shape index (κ2) is 6.04. The van der Waals surface area contributed by atoms with E-state index in [1.54, 1.807) is 0 Å². The highest BCUT2D eigenvalue weighted by Crippen LogP contribution is 2.33. The zero-order valence-corrected chi connectivity index (χ0v) is 12.7. The minimum Gasteiger partial charge on any atom is -0.493 e. The first-order chi connectivity index (χ1) is 8.56. The van der Waals surface area contributed by atoms with Crippen LogP contribution in [-0.2, 0) is 12.8 Å². The highest BCUT2D eigenvalue weighted by molar-refractivity contribution is 9.10. The monoisotopic (exact) mass is 312 g/mol. The minimum absolute atomic E-state index is 0.190. The number of hydrogen-bond acceptors (Lipinski definition) is 3. The SMILES string of the molecule is CN(C)CCC(N)Cc1cc(Br)cc2c1OCC2. The van der Waals surface area contributed by atoms with Crippen LogP contribution < -0.4 is 10.5 Å². The first-order valence-corrected chi connectivity index (χ1v) is 7.20. The first-order valence-electron chi connectivity index (χ1n) is 6.40. The van der Waals surface area contributed by atoms with Gasteiger partial charge in [0.1, 0.15) is 5.75 Å². The topological polar surface area (TPSA) is 38.5 Å². The van der Waals surface area contributed by atoms with Gasteiger partial charge in [0.2, 0.25) is 0 Å². The molecule has 1 aliphatic heterocycles. The van der Waals surface area contributed by atoms with Crippen LogP contribution in [-0.4, -0.2) is 38.2 Å². The molecular weight excluding hydrogens is 292 g/mol. The Morgan fingerprint density at radius 2 is 2.22 bits per heavy atom. The summed E-state index contributed by atoms with van der Waals surface area (Å²) in [5.74, 6) is 1.07. The fourth-order valence-corrected chi connectivity index (χ4v) is 2.86.